The maximum absolute atomic E-state index is 12.6. The van der Waals surface area contributed by atoms with Crippen molar-refractivity contribution in [1.82, 2.24) is 4.90 Å². The quantitative estimate of drug-likeness (QED) is 0.294. The largest absolute Gasteiger partial charge is 0.478 e. The lowest BCUT2D eigenvalue weighted by atomic mass is 9.74. The Balaban J connectivity index is 1.36. The van der Waals surface area contributed by atoms with Crippen molar-refractivity contribution in [2.45, 2.75) is 38.0 Å². The molecule has 8 heteroatoms. The van der Waals surface area contributed by atoms with E-state index in [0.717, 1.165) is 25.9 Å². The second-order valence-electron chi connectivity index (χ2n) is 9.67. The van der Waals surface area contributed by atoms with Crippen LogP contribution in [0, 0.1) is 0 Å². The molecule has 3 aromatic rings. The Morgan fingerprint density at radius 2 is 1.63 bits per heavy atom. The molecule has 1 fully saturated rings. The molecule has 1 amide bonds. The van der Waals surface area contributed by atoms with Gasteiger partial charge in [-0.2, -0.15) is 0 Å². The molecule has 0 aliphatic carbocycles. The van der Waals surface area contributed by atoms with Crippen molar-refractivity contribution >= 4 is 23.7 Å². The van der Waals surface area contributed by atoms with Crippen molar-refractivity contribution in [2.24, 2.45) is 0 Å². The Hall–Kier alpha value is -4.17. The Bertz CT molecular complexity index is 1290. The van der Waals surface area contributed by atoms with Crippen LogP contribution in [0.15, 0.2) is 72.8 Å². The first-order valence-electron chi connectivity index (χ1n) is 12.7. The first-order chi connectivity index (χ1) is 18.3. The molecule has 0 bridgehead atoms. The topological polar surface area (TPSA) is 105 Å². The van der Waals surface area contributed by atoms with E-state index in [1.807, 2.05) is 12.1 Å². The van der Waals surface area contributed by atoms with Crippen LogP contribution in [0.3, 0.4) is 0 Å². The number of hydrogen-bond acceptors (Lipinski definition) is 6. The molecular formula is C30H32N2O6. The summed E-state index contributed by atoms with van der Waals surface area (Å²) in [5.41, 5.74) is 2.05. The average molecular weight is 517 g/mol. The number of esters is 1. The summed E-state index contributed by atoms with van der Waals surface area (Å²) < 4.78 is 10.9. The molecule has 198 valence electrons. The number of carbonyl (C=O) groups excluding carboxylic acids is 2. The Labute approximate surface area is 222 Å². The number of benzene rings is 3. The van der Waals surface area contributed by atoms with E-state index in [-0.39, 0.29) is 22.3 Å². The molecule has 4 rings (SSSR count). The van der Waals surface area contributed by atoms with Gasteiger partial charge in [0.1, 0.15) is 11.5 Å². The molecule has 38 heavy (non-hydrogen) atoms. The van der Waals surface area contributed by atoms with E-state index in [0.29, 0.717) is 11.4 Å². The number of likely N-dealkylation sites (tertiary alicyclic amines) is 1. The molecule has 1 heterocycles. The predicted octanol–water partition coefficient (Wildman–Crippen LogP) is 5.98. The van der Waals surface area contributed by atoms with E-state index in [1.165, 1.54) is 54.8 Å². The number of carbonyl (C=O) groups is 3. The standard InChI is InChI=1S/C30H32N2O6/c1-3-30(17-4-5-18-32(2)20-30)23-7-6-8-26(19-23)38-29(36)31-24-13-9-22(10-14-24)28(35)37-25-15-11-21(12-16-25)27(33)34/h6-16,19H,3-5,17-18,20H2,1-2H3,(H,31,36)(H,33,34). The van der Waals surface area contributed by atoms with Crippen molar-refractivity contribution in [3.8, 4) is 11.5 Å². The third kappa shape index (κ3) is 6.58. The third-order valence-corrected chi connectivity index (χ3v) is 7.03. The van der Waals surface area contributed by atoms with E-state index in [2.05, 4.69) is 30.3 Å². The number of nitrogens with one attached hydrogen (secondary N) is 1. The number of likely N-dealkylation sites (N-methyl/N-ethyl adjacent to an activating group) is 1. The lowest BCUT2D eigenvalue weighted by Gasteiger charge is -2.35. The predicted molar refractivity (Wildman–Crippen MR) is 144 cm³/mol. The van der Waals surface area contributed by atoms with Crippen molar-refractivity contribution in [3.63, 3.8) is 0 Å². The molecule has 0 spiro atoms. The van der Waals surface area contributed by atoms with Gasteiger partial charge in [-0.25, -0.2) is 14.4 Å². The summed E-state index contributed by atoms with van der Waals surface area (Å²) in [6, 6.07) is 19.5. The first-order valence-corrected chi connectivity index (χ1v) is 12.7. The smallest absolute Gasteiger partial charge is 0.417 e. The number of carboxylic acid groups (broad SMARTS) is 1. The van der Waals surface area contributed by atoms with Gasteiger partial charge in [-0.05, 0) is 99.1 Å². The second-order valence-corrected chi connectivity index (χ2v) is 9.67. The van der Waals surface area contributed by atoms with Gasteiger partial charge in [-0.1, -0.05) is 25.5 Å². The molecule has 0 radical (unpaired) electrons. The molecule has 0 saturated carbocycles. The van der Waals surface area contributed by atoms with Gasteiger partial charge in [0.05, 0.1) is 11.1 Å². The highest BCUT2D eigenvalue weighted by Gasteiger charge is 2.33. The lowest BCUT2D eigenvalue weighted by molar-refractivity contribution is 0.0696. The number of hydrogen-bond donors (Lipinski definition) is 2. The van der Waals surface area contributed by atoms with Gasteiger partial charge < -0.3 is 19.5 Å². The number of ether oxygens (including phenoxy) is 2. The minimum absolute atomic E-state index is 0.0316. The molecule has 1 aliphatic rings. The third-order valence-electron chi connectivity index (χ3n) is 7.03. The fourth-order valence-corrected chi connectivity index (χ4v) is 4.91. The highest BCUT2D eigenvalue weighted by molar-refractivity contribution is 5.93. The van der Waals surface area contributed by atoms with Crippen molar-refractivity contribution in [1.29, 1.82) is 0 Å². The minimum atomic E-state index is -1.06. The summed E-state index contributed by atoms with van der Waals surface area (Å²) in [7, 11) is 2.16. The number of rotatable bonds is 7. The maximum Gasteiger partial charge on any atom is 0.417 e. The number of aromatic carboxylic acids is 1. The molecule has 1 saturated heterocycles. The molecule has 8 nitrogen and oxygen atoms in total. The highest BCUT2D eigenvalue weighted by atomic mass is 16.6. The Morgan fingerprint density at radius 1 is 0.921 bits per heavy atom. The summed E-state index contributed by atoms with van der Waals surface area (Å²) in [6.45, 7) is 4.28. The number of amides is 1. The summed E-state index contributed by atoms with van der Waals surface area (Å²) in [5.74, 6) is -0.954. The summed E-state index contributed by atoms with van der Waals surface area (Å²) in [4.78, 5) is 38.3. The lowest BCUT2D eigenvalue weighted by Crippen LogP contribution is -2.37. The van der Waals surface area contributed by atoms with Crippen LogP contribution in [0.4, 0.5) is 10.5 Å². The van der Waals surface area contributed by atoms with Crippen LogP contribution in [0.25, 0.3) is 0 Å². The van der Waals surface area contributed by atoms with Crippen LogP contribution in [0.1, 0.15) is 58.9 Å². The molecule has 0 aromatic heterocycles. The zero-order chi connectivity index (χ0) is 27.1. The van der Waals surface area contributed by atoms with E-state index < -0.39 is 18.0 Å². The van der Waals surface area contributed by atoms with Crippen molar-refractivity contribution in [2.75, 3.05) is 25.5 Å². The average Bonchev–Trinajstić information content (AvgIpc) is 3.11. The monoisotopic (exact) mass is 516 g/mol. The zero-order valence-corrected chi connectivity index (χ0v) is 21.6. The SMILES string of the molecule is CCC1(c2cccc(OC(=O)Nc3ccc(C(=O)Oc4ccc(C(=O)O)cc4)cc3)c2)CCCCN(C)C1. The fraction of sp³-hybridized carbons (Fsp3) is 0.300. The van der Waals surface area contributed by atoms with Crippen LogP contribution in [-0.4, -0.2) is 48.2 Å². The van der Waals surface area contributed by atoms with Gasteiger partial charge >= 0.3 is 18.0 Å². The number of anilines is 1. The molecular weight excluding hydrogens is 484 g/mol. The first kappa shape index (κ1) is 26.9. The Morgan fingerprint density at radius 3 is 2.32 bits per heavy atom. The zero-order valence-electron chi connectivity index (χ0n) is 21.6. The van der Waals surface area contributed by atoms with Gasteiger partial charge in [0.2, 0.25) is 0 Å². The van der Waals surface area contributed by atoms with E-state index in [1.54, 1.807) is 18.2 Å². The van der Waals surface area contributed by atoms with Gasteiger partial charge in [-0.3, -0.25) is 5.32 Å². The summed E-state index contributed by atoms with van der Waals surface area (Å²) in [5, 5.41) is 11.6. The van der Waals surface area contributed by atoms with Crippen LogP contribution in [0.2, 0.25) is 0 Å². The molecule has 2 N–H and O–H groups in total. The van der Waals surface area contributed by atoms with Crippen LogP contribution >= 0.6 is 0 Å². The Kier molecular flexibility index (Phi) is 8.43. The summed E-state index contributed by atoms with van der Waals surface area (Å²) in [6.07, 6.45) is 3.85. The van der Waals surface area contributed by atoms with E-state index in [9.17, 15) is 14.4 Å². The van der Waals surface area contributed by atoms with Gasteiger partial charge in [-0.15, -0.1) is 0 Å². The van der Waals surface area contributed by atoms with Crippen LogP contribution in [-0.2, 0) is 5.41 Å². The number of carboxylic acids is 1. The number of nitrogens with zero attached hydrogens (tertiary/aromatic N) is 1. The van der Waals surface area contributed by atoms with Gasteiger partial charge in [0.25, 0.3) is 0 Å². The molecule has 1 atom stereocenters. The normalized spacial score (nSPS) is 17.7. The van der Waals surface area contributed by atoms with Crippen LogP contribution < -0.4 is 14.8 Å². The van der Waals surface area contributed by atoms with E-state index >= 15 is 0 Å². The van der Waals surface area contributed by atoms with Crippen molar-refractivity contribution in [3.05, 3.63) is 89.5 Å². The maximum atomic E-state index is 12.6. The molecule has 3 aromatic carbocycles. The van der Waals surface area contributed by atoms with Crippen LogP contribution in [0.5, 0.6) is 11.5 Å². The van der Waals surface area contributed by atoms with Gasteiger partial charge in [0, 0.05) is 17.6 Å². The molecule has 1 unspecified atom stereocenters. The summed E-state index contributed by atoms with van der Waals surface area (Å²) >= 11 is 0. The van der Waals surface area contributed by atoms with E-state index in [4.69, 9.17) is 14.6 Å². The minimum Gasteiger partial charge on any atom is -0.478 e. The highest BCUT2D eigenvalue weighted by Crippen LogP contribution is 2.37. The fourth-order valence-electron chi connectivity index (χ4n) is 4.91. The van der Waals surface area contributed by atoms with Gasteiger partial charge in [0.15, 0.2) is 0 Å². The molecule has 1 aliphatic heterocycles. The van der Waals surface area contributed by atoms with Crippen molar-refractivity contribution < 1.29 is 29.0 Å². The second kappa shape index (κ2) is 11.9.